The Hall–Kier alpha value is -2.26. The number of pyridine rings is 1. The van der Waals surface area contributed by atoms with E-state index in [4.69, 9.17) is 22.6 Å². The zero-order chi connectivity index (χ0) is 10.6. The molecule has 1 heterocycles. The summed E-state index contributed by atoms with van der Waals surface area (Å²) in [6.07, 6.45) is 4.03. The minimum absolute atomic E-state index is 0.292. The van der Waals surface area contributed by atoms with E-state index in [2.05, 4.69) is 4.98 Å². The Bertz CT molecular complexity index is 391. The van der Waals surface area contributed by atoms with Crippen LogP contribution in [0.15, 0.2) is 24.7 Å². The van der Waals surface area contributed by atoms with E-state index in [1.54, 1.807) is 0 Å². The number of nitriles is 1. The van der Waals surface area contributed by atoms with Crippen molar-refractivity contribution >= 4 is 11.5 Å². The molecule has 0 aliphatic rings. The highest BCUT2D eigenvalue weighted by Gasteiger charge is 2.06. The van der Waals surface area contributed by atoms with Gasteiger partial charge in [0.2, 0.25) is 0 Å². The first-order chi connectivity index (χ1) is 6.69. The Morgan fingerprint density at radius 3 is 2.86 bits per heavy atom. The van der Waals surface area contributed by atoms with Crippen LogP contribution in [0.5, 0.6) is 0 Å². The molecule has 0 fully saturated rings. The van der Waals surface area contributed by atoms with Gasteiger partial charge in [0.1, 0.15) is 11.9 Å². The summed E-state index contributed by atoms with van der Waals surface area (Å²) in [6.45, 7) is 0. The third-order valence-electron chi connectivity index (χ3n) is 1.55. The first-order valence-corrected chi connectivity index (χ1v) is 3.77. The smallest absolute Gasteiger partial charge is 0.125 e. The highest BCUT2D eigenvalue weighted by Crippen LogP contribution is 2.18. The van der Waals surface area contributed by atoms with E-state index < -0.39 is 0 Å². The average Bonchev–Trinajstić information content (AvgIpc) is 2.18. The summed E-state index contributed by atoms with van der Waals surface area (Å²) in [5.41, 5.74) is 11.4. The highest BCUT2D eigenvalue weighted by atomic mass is 15.4. The quantitative estimate of drug-likeness (QED) is 0.433. The third-order valence-corrected chi connectivity index (χ3v) is 1.55. The monoisotopic (exact) mass is 190 g/mol. The lowest BCUT2D eigenvalue weighted by molar-refractivity contribution is 1.06. The van der Waals surface area contributed by atoms with Crippen molar-refractivity contribution in [2.75, 3.05) is 10.7 Å². The van der Waals surface area contributed by atoms with Crippen molar-refractivity contribution in [2.24, 2.45) is 11.6 Å². The standard InChI is InChI=1S/C8H10N6/c9-1-2-14(12)7-3-8(11)13-5-6(7)4-10/h1-3,5H,9,12H2,(H2,11,13)/b2-1-. The molecule has 14 heavy (non-hydrogen) atoms. The number of nitrogens with two attached hydrogens (primary N) is 3. The minimum Gasteiger partial charge on any atom is -0.403 e. The first-order valence-electron chi connectivity index (χ1n) is 3.77. The molecule has 1 aromatic rings. The number of hydrogen-bond donors (Lipinski definition) is 3. The van der Waals surface area contributed by atoms with Gasteiger partial charge in [0.05, 0.1) is 11.3 Å². The molecule has 0 atom stereocenters. The Morgan fingerprint density at radius 1 is 1.57 bits per heavy atom. The molecule has 0 aromatic carbocycles. The first kappa shape index (κ1) is 9.83. The zero-order valence-corrected chi connectivity index (χ0v) is 7.38. The molecular formula is C8H10N6. The number of nitrogen functional groups attached to an aromatic ring is 1. The summed E-state index contributed by atoms with van der Waals surface area (Å²) in [5, 5.41) is 9.96. The summed E-state index contributed by atoms with van der Waals surface area (Å²) in [7, 11) is 0. The lowest BCUT2D eigenvalue weighted by atomic mass is 10.2. The molecule has 0 unspecified atom stereocenters. The maximum Gasteiger partial charge on any atom is 0.125 e. The fourth-order valence-corrected chi connectivity index (χ4v) is 0.933. The van der Waals surface area contributed by atoms with Crippen molar-refractivity contribution in [3.8, 4) is 6.07 Å². The summed E-state index contributed by atoms with van der Waals surface area (Å²) in [5.74, 6) is 5.87. The van der Waals surface area contributed by atoms with E-state index in [1.165, 1.54) is 29.7 Å². The van der Waals surface area contributed by atoms with Gasteiger partial charge < -0.3 is 11.5 Å². The molecule has 0 radical (unpaired) electrons. The lowest BCUT2D eigenvalue weighted by Crippen LogP contribution is -2.25. The summed E-state index contributed by atoms with van der Waals surface area (Å²) >= 11 is 0. The van der Waals surface area contributed by atoms with Crippen LogP contribution < -0.4 is 22.3 Å². The van der Waals surface area contributed by atoms with E-state index in [0.717, 1.165) is 0 Å². The van der Waals surface area contributed by atoms with Gasteiger partial charge in [0.15, 0.2) is 0 Å². The normalized spacial score (nSPS) is 10.0. The van der Waals surface area contributed by atoms with Gasteiger partial charge in [-0.2, -0.15) is 5.26 Å². The molecule has 1 rings (SSSR count). The van der Waals surface area contributed by atoms with E-state index in [1.807, 2.05) is 6.07 Å². The maximum atomic E-state index is 8.76. The second-order valence-electron chi connectivity index (χ2n) is 2.49. The van der Waals surface area contributed by atoms with Gasteiger partial charge in [-0.25, -0.2) is 10.8 Å². The average molecular weight is 190 g/mol. The summed E-state index contributed by atoms with van der Waals surface area (Å²) in [6, 6.07) is 3.45. The van der Waals surface area contributed by atoms with Crippen LogP contribution in [-0.2, 0) is 0 Å². The number of hydrogen-bond acceptors (Lipinski definition) is 6. The van der Waals surface area contributed by atoms with Crippen molar-refractivity contribution in [1.29, 1.82) is 5.26 Å². The van der Waals surface area contributed by atoms with Gasteiger partial charge in [-0.05, 0) is 0 Å². The van der Waals surface area contributed by atoms with Crippen LogP contribution in [-0.4, -0.2) is 4.98 Å². The Labute approximate surface area is 81.2 Å². The topological polar surface area (TPSA) is 118 Å². The van der Waals surface area contributed by atoms with Crippen molar-refractivity contribution in [3.63, 3.8) is 0 Å². The molecular weight excluding hydrogens is 180 g/mol. The second-order valence-corrected chi connectivity index (χ2v) is 2.49. The molecule has 0 aliphatic carbocycles. The number of rotatable bonds is 2. The second kappa shape index (κ2) is 4.11. The molecule has 6 heteroatoms. The minimum atomic E-state index is 0.292. The highest BCUT2D eigenvalue weighted by molar-refractivity contribution is 5.62. The largest absolute Gasteiger partial charge is 0.403 e. The van der Waals surface area contributed by atoms with Crippen molar-refractivity contribution < 1.29 is 0 Å². The van der Waals surface area contributed by atoms with Gasteiger partial charge in [0.25, 0.3) is 0 Å². The molecule has 72 valence electrons. The van der Waals surface area contributed by atoms with Crippen LogP contribution in [0.3, 0.4) is 0 Å². The fraction of sp³-hybridized carbons (Fsp3) is 0. The van der Waals surface area contributed by atoms with Crippen LogP contribution in [0, 0.1) is 11.3 Å². The predicted octanol–water partition coefficient (Wildman–Crippen LogP) is -0.355. The van der Waals surface area contributed by atoms with Crippen molar-refractivity contribution in [1.82, 2.24) is 4.98 Å². The van der Waals surface area contributed by atoms with Gasteiger partial charge in [-0.3, -0.25) is 5.01 Å². The Kier molecular flexibility index (Phi) is 2.89. The van der Waals surface area contributed by atoms with E-state index in [9.17, 15) is 0 Å². The molecule has 6 N–H and O–H groups in total. The molecule has 6 nitrogen and oxygen atoms in total. The zero-order valence-electron chi connectivity index (χ0n) is 7.38. The van der Waals surface area contributed by atoms with Gasteiger partial charge in [-0.15, -0.1) is 0 Å². The molecule has 0 amide bonds. The molecule has 0 saturated carbocycles. The third kappa shape index (κ3) is 1.91. The van der Waals surface area contributed by atoms with Crippen LogP contribution >= 0.6 is 0 Å². The molecule has 0 spiro atoms. The van der Waals surface area contributed by atoms with Crippen molar-refractivity contribution in [2.45, 2.75) is 0 Å². The Morgan fingerprint density at radius 2 is 2.29 bits per heavy atom. The van der Waals surface area contributed by atoms with Gasteiger partial charge in [0, 0.05) is 24.7 Å². The Balaban J connectivity index is 3.18. The number of hydrazine groups is 1. The van der Waals surface area contributed by atoms with Crippen molar-refractivity contribution in [3.05, 3.63) is 30.2 Å². The number of anilines is 2. The molecule has 0 aliphatic heterocycles. The SMILES string of the molecule is N#Cc1cnc(N)cc1N(N)/C=C\N. The molecule has 1 aromatic heterocycles. The van der Waals surface area contributed by atoms with E-state index >= 15 is 0 Å². The van der Waals surface area contributed by atoms with Crippen LogP contribution in [0.4, 0.5) is 11.5 Å². The number of nitrogens with zero attached hydrogens (tertiary/aromatic N) is 3. The maximum absolute atomic E-state index is 8.76. The summed E-state index contributed by atoms with van der Waals surface area (Å²) in [4.78, 5) is 3.77. The van der Waals surface area contributed by atoms with Crippen LogP contribution in [0.2, 0.25) is 0 Å². The van der Waals surface area contributed by atoms with E-state index in [-0.39, 0.29) is 0 Å². The van der Waals surface area contributed by atoms with Crippen LogP contribution in [0.1, 0.15) is 5.56 Å². The van der Waals surface area contributed by atoms with Gasteiger partial charge >= 0.3 is 0 Å². The van der Waals surface area contributed by atoms with Crippen LogP contribution in [0.25, 0.3) is 0 Å². The predicted molar refractivity (Wildman–Crippen MR) is 53.4 cm³/mol. The summed E-state index contributed by atoms with van der Waals surface area (Å²) < 4.78 is 0. The molecule has 0 bridgehead atoms. The fourth-order valence-electron chi connectivity index (χ4n) is 0.933. The number of aromatic nitrogens is 1. The van der Waals surface area contributed by atoms with Gasteiger partial charge in [-0.1, -0.05) is 0 Å². The lowest BCUT2D eigenvalue weighted by Gasteiger charge is -2.14. The van der Waals surface area contributed by atoms with E-state index in [0.29, 0.717) is 17.1 Å². The molecule has 0 saturated heterocycles.